The number of para-hydroxylation sites is 1. The molecule has 0 saturated heterocycles. The van der Waals surface area contributed by atoms with Gasteiger partial charge in [0.05, 0.1) is 11.8 Å². The predicted octanol–water partition coefficient (Wildman–Crippen LogP) is 3.03. The standard InChI is InChI=1S/C17H16N4O2/c1-11-14(13-5-3-4-6-15(13)21(11)2)10-19-20-16-8-7-12(9-18-16)17(22)23/h3-10H,1-2H3,(H,18,20)(H,22,23)/b19-10+. The third kappa shape index (κ3) is 2.78. The fourth-order valence-corrected chi connectivity index (χ4v) is 2.46. The fraction of sp³-hybridized carbons (Fsp3) is 0.118. The van der Waals surface area contributed by atoms with E-state index in [0.29, 0.717) is 5.82 Å². The van der Waals surface area contributed by atoms with E-state index in [1.165, 1.54) is 12.3 Å². The van der Waals surface area contributed by atoms with Crippen molar-refractivity contribution in [1.29, 1.82) is 0 Å². The third-order valence-electron chi connectivity index (χ3n) is 3.83. The molecule has 1 aromatic carbocycles. The molecule has 0 aliphatic rings. The summed E-state index contributed by atoms with van der Waals surface area (Å²) < 4.78 is 2.12. The lowest BCUT2D eigenvalue weighted by Crippen LogP contribution is -1.99. The average molecular weight is 308 g/mol. The van der Waals surface area contributed by atoms with Gasteiger partial charge in [0.15, 0.2) is 0 Å². The number of pyridine rings is 1. The Morgan fingerprint density at radius 1 is 1.30 bits per heavy atom. The van der Waals surface area contributed by atoms with Crippen LogP contribution in [-0.2, 0) is 7.05 Å². The van der Waals surface area contributed by atoms with Crippen LogP contribution in [-0.4, -0.2) is 26.8 Å². The number of carbonyl (C=O) groups is 1. The topological polar surface area (TPSA) is 79.5 Å². The number of nitrogens with zero attached hydrogens (tertiary/aromatic N) is 3. The molecule has 0 unspecified atom stereocenters. The molecule has 0 atom stereocenters. The largest absolute Gasteiger partial charge is 0.478 e. The molecule has 0 aliphatic carbocycles. The van der Waals surface area contributed by atoms with Gasteiger partial charge >= 0.3 is 5.97 Å². The molecule has 6 heteroatoms. The van der Waals surface area contributed by atoms with Gasteiger partial charge in [-0.15, -0.1) is 0 Å². The molecule has 116 valence electrons. The number of hydrazone groups is 1. The summed E-state index contributed by atoms with van der Waals surface area (Å²) in [5.41, 5.74) is 6.26. The van der Waals surface area contributed by atoms with Crippen molar-refractivity contribution in [3.8, 4) is 0 Å². The number of benzene rings is 1. The first-order valence-corrected chi connectivity index (χ1v) is 7.10. The predicted molar refractivity (Wildman–Crippen MR) is 90.1 cm³/mol. The number of nitrogens with one attached hydrogen (secondary N) is 1. The molecule has 0 spiro atoms. The highest BCUT2D eigenvalue weighted by Gasteiger charge is 2.09. The minimum atomic E-state index is -1.00. The van der Waals surface area contributed by atoms with Crippen molar-refractivity contribution in [3.63, 3.8) is 0 Å². The summed E-state index contributed by atoms with van der Waals surface area (Å²) >= 11 is 0. The van der Waals surface area contributed by atoms with Crippen molar-refractivity contribution in [1.82, 2.24) is 9.55 Å². The number of aromatic carboxylic acids is 1. The maximum Gasteiger partial charge on any atom is 0.337 e. The van der Waals surface area contributed by atoms with Gasteiger partial charge in [-0.05, 0) is 25.1 Å². The maximum absolute atomic E-state index is 10.8. The van der Waals surface area contributed by atoms with Crippen molar-refractivity contribution in [2.75, 3.05) is 5.43 Å². The molecule has 2 heterocycles. The number of aryl methyl sites for hydroxylation is 1. The molecular formula is C17H16N4O2. The number of anilines is 1. The molecule has 3 aromatic rings. The van der Waals surface area contributed by atoms with Crippen molar-refractivity contribution in [2.24, 2.45) is 12.1 Å². The second-order valence-electron chi connectivity index (χ2n) is 5.18. The summed E-state index contributed by atoms with van der Waals surface area (Å²) in [6.07, 6.45) is 3.05. The van der Waals surface area contributed by atoms with E-state index >= 15 is 0 Å². The molecule has 6 nitrogen and oxygen atoms in total. The van der Waals surface area contributed by atoms with Crippen molar-refractivity contribution in [2.45, 2.75) is 6.92 Å². The summed E-state index contributed by atoms with van der Waals surface area (Å²) in [5, 5.41) is 14.2. The lowest BCUT2D eigenvalue weighted by atomic mass is 10.1. The molecule has 0 saturated carbocycles. The molecule has 3 rings (SSSR count). The van der Waals surface area contributed by atoms with E-state index < -0.39 is 5.97 Å². The van der Waals surface area contributed by atoms with Crippen LogP contribution in [0, 0.1) is 6.92 Å². The monoisotopic (exact) mass is 308 g/mol. The highest BCUT2D eigenvalue weighted by Crippen LogP contribution is 2.23. The maximum atomic E-state index is 10.8. The smallest absolute Gasteiger partial charge is 0.337 e. The normalized spacial score (nSPS) is 11.2. The van der Waals surface area contributed by atoms with E-state index in [1.54, 1.807) is 12.3 Å². The highest BCUT2D eigenvalue weighted by molar-refractivity contribution is 6.01. The Labute approximate surface area is 133 Å². The van der Waals surface area contributed by atoms with Crippen LogP contribution in [0.1, 0.15) is 21.6 Å². The van der Waals surface area contributed by atoms with Gasteiger partial charge < -0.3 is 9.67 Å². The van der Waals surface area contributed by atoms with Crippen LogP contribution in [0.15, 0.2) is 47.7 Å². The first-order valence-electron chi connectivity index (χ1n) is 7.10. The number of hydrogen-bond acceptors (Lipinski definition) is 4. The SMILES string of the molecule is Cc1c(/C=N/Nc2ccc(C(=O)O)cn2)c2ccccc2n1C. The van der Waals surface area contributed by atoms with E-state index in [9.17, 15) is 4.79 Å². The van der Waals surface area contributed by atoms with E-state index in [-0.39, 0.29) is 5.56 Å². The van der Waals surface area contributed by atoms with Gasteiger partial charge in [-0.25, -0.2) is 9.78 Å². The minimum Gasteiger partial charge on any atom is -0.478 e. The number of rotatable bonds is 4. The van der Waals surface area contributed by atoms with E-state index in [4.69, 9.17) is 5.11 Å². The second-order valence-corrected chi connectivity index (χ2v) is 5.18. The summed E-state index contributed by atoms with van der Waals surface area (Å²) in [6.45, 7) is 2.04. The number of aromatic nitrogens is 2. The van der Waals surface area contributed by atoms with Crippen molar-refractivity contribution >= 4 is 28.9 Å². The molecule has 0 bridgehead atoms. The fourth-order valence-electron chi connectivity index (χ4n) is 2.46. The van der Waals surface area contributed by atoms with Gasteiger partial charge in [-0.1, -0.05) is 18.2 Å². The average Bonchev–Trinajstić information content (AvgIpc) is 2.81. The highest BCUT2D eigenvalue weighted by atomic mass is 16.4. The molecule has 2 N–H and O–H groups in total. The summed E-state index contributed by atoms with van der Waals surface area (Å²) in [7, 11) is 2.02. The van der Waals surface area contributed by atoms with Crippen molar-refractivity contribution < 1.29 is 9.90 Å². The summed E-state index contributed by atoms with van der Waals surface area (Å²) in [4.78, 5) is 14.8. The molecule has 0 aliphatic heterocycles. The number of carboxylic acid groups (broad SMARTS) is 1. The van der Waals surface area contributed by atoms with Crippen LogP contribution < -0.4 is 5.43 Å². The van der Waals surface area contributed by atoms with Gasteiger partial charge in [-0.3, -0.25) is 5.43 Å². The quantitative estimate of drug-likeness (QED) is 0.573. The van der Waals surface area contributed by atoms with Crippen molar-refractivity contribution in [3.05, 3.63) is 59.4 Å². The van der Waals surface area contributed by atoms with Gasteiger partial charge in [0.2, 0.25) is 0 Å². The lowest BCUT2D eigenvalue weighted by Gasteiger charge is -2.00. The summed E-state index contributed by atoms with van der Waals surface area (Å²) in [6, 6.07) is 11.2. The lowest BCUT2D eigenvalue weighted by molar-refractivity contribution is 0.0696. The van der Waals surface area contributed by atoms with Gasteiger partial charge in [-0.2, -0.15) is 5.10 Å². The molecule has 0 amide bonds. The molecule has 2 aromatic heterocycles. The zero-order valence-electron chi connectivity index (χ0n) is 12.8. The van der Waals surface area contributed by atoms with Crippen LogP contribution in [0.3, 0.4) is 0 Å². The Morgan fingerprint density at radius 3 is 2.78 bits per heavy atom. The first-order chi connectivity index (χ1) is 11.1. The van der Waals surface area contributed by atoms with E-state index in [2.05, 4.69) is 32.2 Å². The zero-order valence-corrected chi connectivity index (χ0v) is 12.8. The molecule has 0 radical (unpaired) electrons. The number of hydrogen-bond donors (Lipinski definition) is 2. The Morgan fingerprint density at radius 2 is 2.09 bits per heavy atom. The Balaban J connectivity index is 1.83. The Kier molecular flexibility index (Phi) is 3.80. The summed E-state index contributed by atoms with van der Waals surface area (Å²) in [5.74, 6) is -0.511. The number of carboxylic acids is 1. The van der Waals surface area contributed by atoms with Crippen LogP contribution in [0.4, 0.5) is 5.82 Å². The molecular weight excluding hydrogens is 292 g/mol. The van der Waals surface area contributed by atoms with Crippen LogP contribution in [0.2, 0.25) is 0 Å². The Bertz CT molecular complexity index is 895. The van der Waals surface area contributed by atoms with E-state index in [1.807, 2.05) is 26.1 Å². The first kappa shape index (κ1) is 14.8. The van der Waals surface area contributed by atoms with Crippen LogP contribution in [0.25, 0.3) is 10.9 Å². The second kappa shape index (κ2) is 5.92. The van der Waals surface area contributed by atoms with Crippen LogP contribution in [0.5, 0.6) is 0 Å². The van der Waals surface area contributed by atoms with Gasteiger partial charge in [0.1, 0.15) is 5.82 Å². The molecule has 0 fully saturated rings. The van der Waals surface area contributed by atoms with Gasteiger partial charge in [0.25, 0.3) is 0 Å². The zero-order chi connectivity index (χ0) is 16.4. The number of fused-ring (bicyclic) bond motifs is 1. The molecule has 23 heavy (non-hydrogen) atoms. The van der Waals surface area contributed by atoms with Gasteiger partial charge in [0, 0.05) is 35.4 Å². The minimum absolute atomic E-state index is 0.143. The van der Waals surface area contributed by atoms with Crippen LogP contribution >= 0.6 is 0 Å². The Hall–Kier alpha value is -3.15. The third-order valence-corrected chi connectivity index (χ3v) is 3.83. The van der Waals surface area contributed by atoms with E-state index in [0.717, 1.165) is 22.2 Å².